The summed E-state index contributed by atoms with van der Waals surface area (Å²) in [6, 6.07) is 10.2. The fourth-order valence-corrected chi connectivity index (χ4v) is 3.06. The first-order valence-corrected chi connectivity index (χ1v) is 8.96. The van der Waals surface area contributed by atoms with E-state index in [9.17, 15) is 0 Å². The summed E-state index contributed by atoms with van der Waals surface area (Å²) in [5, 5.41) is 15.9. The molecule has 0 spiro atoms. The second kappa shape index (κ2) is 7.70. The maximum atomic E-state index is 5.39. The molecule has 0 atom stereocenters. The molecule has 0 bridgehead atoms. The molecule has 2 heterocycles. The summed E-state index contributed by atoms with van der Waals surface area (Å²) in [6.07, 6.45) is 1.95. The Kier molecular flexibility index (Phi) is 5.37. The van der Waals surface area contributed by atoms with Gasteiger partial charge in [-0.05, 0) is 44.1 Å². The zero-order chi connectivity index (χ0) is 18.7. The van der Waals surface area contributed by atoms with Gasteiger partial charge in [-0.2, -0.15) is 10.2 Å². The molecule has 136 valence electrons. The normalized spacial score (nSPS) is 10.8. The molecule has 2 N–H and O–H groups in total. The molecule has 3 aromatic rings. The van der Waals surface area contributed by atoms with Crippen LogP contribution in [0, 0.1) is 20.8 Å². The smallest absolute Gasteiger partial charge is 0.172 e. The molecule has 6 nitrogen and oxygen atoms in total. The maximum Gasteiger partial charge on any atom is 0.172 e. The Balaban J connectivity index is 1.57. The van der Waals surface area contributed by atoms with Crippen molar-refractivity contribution in [2.45, 2.75) is 33.9 Å². The SMILES string of the molecule is Cc1ccccc1Cn1ccc(NC(=S)NCc2c(C)nn(C)c2C)n1. The number of thiocarbonyl (C=S) groups is 1. The molecular formula is C19H24N6S. The van der Waals surface area contributed by atoms with Gasteiger partial charge in [-0.25, -0.2) is 0 Å². The van der Waals surface area contributed by atoms with Crippen molar-refractivity contribution in [1.29, 1.82) is 0 Å². The van der Waals surface area contributed by atoms with Crippen molar-refractivity contribution in [3.8, 4) is 0 Å². The van der Waals surface area contributed by atoms with Crippen LogP contribution in [0.25, 0.3) is 0 Å². The van der Waals surface area contributed by atoms with E-state index >= 15 is 0 Å². The molecule has 3 rings (SSSR count). The molecule has 0 amide bonds. The minimum atomic E-state index is 0.550. The van der Waals surface area contributed by atoms with E-state index < -0.39 is 0 Å². The van der Waals surface area contributed by atoms with Crippen molar-refractivity contribution in [3.05, 3.63) is 64.6 Å². The molecule has 7 heteroatoms. The topological polar surface area (TPSA) is 59.7 Å². The molecule has 0 aliphatic carbocycles. The highest BCUT2D eigenvalue weighted by molar-refractivity contribution is 7.80. The first-order valence-electron chi connectivity index (χ1n) is 8.56. The highest BCUT2D eigenvalue weighted by Gasteiger charge is 2.10. The number of hydrogen-bond donors (Lipinski definition) is 2. The number of nitrogens with zero attached hydrogens (tertiary/aromatic N) is 4. The molecule has 0 saturated carbocycles. The summed E-state index contributed by atoms with van der Waals surface area (Å²) in [6.45, 7) is 7.55. The minimum Gasteiger partial charge on any atom is -0.358 e. The van der Waals surface area contributed by atoms with Gasteiger partial charge < -0.3 is 10.6 Å². The average molecular weight is 369 g/mol. The molecule has 0 fully saturated rings. The Morgan fingerprint density at radius 3 is 2.58 bits per heavy atom. The van der Waals surface area contributed by atoms with Crippen molar-refractivity contribution in [1.82, 2.24) is 24.9 Å². The Morgan fingerprint density at radius 1 is 1.12 bits per heavy atom. The largest absolute Gasteiger partial charge is 0.358 e. The first-order chi connectivity index (χ1) is 12.4. The Morgan fingerprint density at radius 2 is 1.88 bits per heavy atom. The highest BCUT2D eigenvalue weighted by Crippen LogP contribution is 2.12. The zero-order valence-corrected chi connectivity index (χ0v) is 16.4. The predicted molar refractivity (Wildman–Crippen MR) is 108 cm³/mol. The van der Waals surface area contributed by atoms with E-state index in [1.165, 1.54) is 16.7 Å². The van der Waals surface area contributed by atoms with Crippen LogP contribution in [0.4, 0.5) is 5.82 Å². The van der Waals surface area contributed by atoms with Crippen LogP contribution in [0.2, 0.25) is 0 Å². The van der Waals surface area contributed by atoms with Gasteiger partial charge in [0.15, 0.2) is 10.9 Å². The molecular weight excluding hydrogens is 344 g/mol. The number of nitrogens with one attached hydrogen (secondary N) is 2. The summed E-state index contributed by atoms with van der Waals surface area (Å²) in [5.41, 5.74) is 5.84. The van der Waals surface area contributed by atoms with E-state index in [-0.39, 0.29) is 0 Å². The van der Waals surface area contributed by atoms with Crippen molar-refractivity contribution in [3.63, 3.8) is 0 Å². The average Bonchev–Trinajstić information content (AvgIpc) is 3.13. The van der Waals surface area contributed by atoms with Crippen LogP contribution in [-0.2, 0) is 20.1 Å². The van der Waals surface area contributed by atoms with Crippen molar-refractivity contribution >= 4 is 23.1 Å². The quantitative estimate of drug-likeness (QED) is 0.678. The molecule has 2 aromatic heterocycles. The number of anilines is 1. The number of hydrogen-bond acceptors (Lipinski definition) is 3. The van der Waals surface area contributed by atoms with Crippen LogP contribution in [0.1, 0.15) is 28.1 Å². The van der Waals surface area contributed by atoms with Crippen LogP contribution in [-0.4, -0.2) is 24.7 Å². The van der Waals surface area contributed by atoms with E-state index in [0.29, 0.717) is 11.7 Å². The summed E-state index contributed by atoms with van der Waals surface area (Å²) >= 11 is 5.39. The van der Waals surface area contributed by atoms with E-state index in [1.54, 1.807) is 0 Å². The van der Waals surface area contributed by atoms with Crippen LogP contribution in [0.3, 0.4) is 0 Å². The Hall–Kier alpha value is -2.67. The summed E-state index contributed by atoms with van der Waals surface area (Å²) in [7, 11) is 1.95. The second-order valence-electron chi connectivity index (χ2n) is 6.41. The number of benzene rings is 1. The molecule has 0 aliphatic heterocycles. The van der Waals surface area contributed by atoms with Gasteiger partial charge in [0.25, 0.3) is 0 Å². The fraction of sp³-hybridized carbons (Fsp3) is 0.316. The van der Waals surface area contributed by atoms with E-state index in [2.05, 4.69) is 46.8 Å². The summed E-state index contributed by atoms with van der Waals surface area (Å²) < 4.78 is 3.79. The van der Waals surface area contributed by atoms with Gasteiger partial charge >= 0.3 is 0 Å². The Bertz CT molecular complexity index is 924. The summed E-state index contributed by atoms with van der Waals surface area (Å²) in [4.78, 5) is 0. The third-order valence-electron chi connectivity index (χ3n) is 4.56. The second-order valence-corrected chi connectivity index (χ2v) is 6.81. The fourth-order valence-electron chi connectivity index (χ4n) is 2.88. The third-order valence-corrected chi connectivity index (χ3v) is 4.81. The zero-order valence-electron chi connectivity index (χ0n) is 15.6. The van der Waals surface area contributed by atoms with Crippen LogP contribution in [0.5, 0.6) is 0 Å². The van der Waals surface area contributed by atoms with Crippen molar-refractivity contribution < 1.29 is 0 Å². The van der Waals surface area contributed by atoms with Gasteiger partial charge in [0.05, 0.1) is 12.2 Å². The molecule has 0 unspecified atom stereocenters. The van der Waals surface area contributed by atoms with Crippen LogP contribution < -0.4 is 10.6 Å². The number of aromatic nitrogens is 4. The third kappa shape index (κ3) is 4.11. The number of rotatable bonds is 5. The lowest BCUT2D eigenvalue weighted by Gasteiger charge is -2.09. The van der Waals surface area contributed by atoms with Gasteiger partial charge in [-0.15, -0.1) is 0 Å². The van der Waals surface area contributed by atoms with Crippen LogP contribution in [0.15, 0.2) is 36.5 Å². The van der Waals surface area contributed by atoms with Gasteiger partial charge in [0.2, 0.25) is 0 Å². The minimum absolute atomic E-state index is 0.550. The van der Waals surface area contributed by atoms with E-state index in [4.69, 9.17) is 12.2 Å². The first kappa shape index (κ1) is 18.1. The van der Waals surface area contributed by atoms with Gasteiger partial charge in [0.1, 0.15) is 0 Å². The molecule has 0 aliphatic rings. The van der Waals surface area contributed by atoms with Gasteiger partial charge in [-0.1, -0.05) is 24.3 Å². The monoisotopic (exact) mass is 368 g/mol. The predicted octanol–water partition coefficient (Wildman–Crippen LogP) is 3.08. The van der Waals surface area contributed by atoms with Crippen molar-refractivity contribution in [2.24, 2.45) is 7.05 Å². The van der Waals surface area contributed by atoms with E-state index in [0.717, 1.165) is 23.8 Å². The van der Waals surface area contributed by atoms with Crippen molar-refractivity contribution in [2.75, 3.05) is 5.32 Å². The lowest BCUT2D eigenvalue weighted by Crippen LogP contribution is -2.28. The lowest BCUT2D eigenvalue weighted by atomic mass is 10.1. The standard InChI is InChI=1S/C19H24N6S/c1-13-7-5-6-8-16(13)12-25-10-9-18(23-25)21-19(26)20-11-17-14(2)22-24(4)15(17)3/h5-10H,11-12H2,1-4H3,(H2,20,21,23,26). The van der Waals surface area contributed by atoms with Crippen LogP contribution >= 0.6 is 12.2 Å². The summed E-state index contributed by atoms with van der Waals surface area (Å²) in [5.74, 6) is 0.732. The van der Waals surface area contributed by atoms with Gasteiger partial charge in [-0.3, -0.25) is 9.36 Å². The lowest BCUT2D eigenvalue weighted by molar-refractivity contribution is 0.687. The highest BCUT2D eigenvalue weighted by atomic mass is 32.1. The number of aryl methyl sites for hydroxylation is 3. The molecule has 26 heavy (non-hydrogen) atoms. The molecule has 0 radical (unpaired) electrons. The molecule has 0 saturated heterocycles. The maximum absolute atomic E-state index is 5.39. The molecule has 1 aromatic carbocycles. The van der Waals surface area contributed by atoms with E-state index in [1.807, 2.05) is 47.7 Å². The Labute approximate surface area is 159 Å². The van der Waals surface area contributed by atoms with Gasteiger partial charge in [0, 0.05) is 37.1 Å².